The Morgan fingerprint density at radius 3 is 2.60 bits per heavy atom. The Labute approximate surface area is 95.7 Å². The normalized spacial score (nSPS) is 12.1. The van der Waals surface area contributed by atoms with Crippen molar-refractivity contribution in [2.75, 3.05) is 12.8 Å². The Hall–Kier alpha value is -0.980. The molecule has 0 aliphatic rings. The molecule has 15 heavy (non-hydrogen) atoms. The summed E-state index contributed by atoms with van der Waals surface area (Å²) in [4.78, 5) is 1.28. The molecule has 0 saturated heterocycles. The van der Waals surface area contributed by atoms with Gasteiger partial charge in [-0.1, -0.05) is 12.1 Å². The van der Waals surface area contributed by atoms with Crippen LogP contribution in [0.5, 0.6) is 0 Å². The van der Waals surface area contributed by atoms with Crippen LogP contribution < -0.4 is 5.32 Å². The van der Waals surface area contributed by atoms with Crippen LogP contribution in [0.2, 0.25) is 0 Å². The number of rotatable bonds is 5. The number of nitriles is 1. The van der Waals surface area contributed by atoms with Gasteiger partial charge in [0, 0.05) is 23.9 Å². The predicted octanol–water partition coefficient (Wildman–Crippen LogP) is 2.97. The van der Waals surface area contributed by atoms with Crippen molar-refractivity contribution in [1.82, 2.24) is 5.32 Å². The molecule has 0 amide bonds. The van der Waals surface area contributed by atoms with Gasteiger partial charge in [-0.3, -0.25) is 0 Å². The van der Waals surface area contributed by atoms with E-state index in [0.717, 1.165) is 6.54 Å². The fourth-order valence-corrected chi connectivity index (χ4v) is 1.76. The zero-order valence-corrected chi connectivity index (χ0v) is 9.97. The maximum absolute atomic E-state index is 8.43. The van der Waals surface area contributed by atoms with Crippen LogP contribution in [-0.4, -0.2) is 12.8 Å². The summed E-state index contributed by atoms with van der Waals surface area (Å²) >= 11 is 1.75. The molecule has 0 spiro atoms. The van der Waals surface area contributed by atoms with Gasteiger partial charge in [0.05, 0.1) is 6.07 Å². The van der Waals surface area contributed by atoms with Gasteiger partial charge >= 0.3 is 0 Å². The van der Waals surface area contributed by atoms with Gasteiger partial charge in [0.15, 0.2) is 0 Å². The Bertz CT molecular complexity index is 326. The molecule has 2 nitrogen and oxygen atoms in total. The van der Waals surface area contributed by atoms with E-state index in [-0.39, 0.29) is 0 Å². The minimum atomic E-state index is 0.314. The van der Waals surface area contributed by atoms with E-state index in [2.05, 4.69) is 48.8 Å². The van der Waals surface area contributed by atoms with Crippen LogP contribution in [0.15, 0.2) is 29.2 Å². The number of hydrogen-bond acceptors (Lipinski definition) is 3. The number of nitrogens with one attached hydrogen (secondary N) is 1. The molecule has 1 atom stereocenters. The topological polar surface area (TPSA) is 35.8 Å². The first kappa shape index (κ1) is 12.1. The summed E-state index contributed by atoms with van der Waals surface area (Å²) < 4.78 is 0. The van der Waals surface area contributed by atoms with Crippen LogP contribution in [0, 0.1) is 11.3 Å². The first-order valence-corrected chi connectivity index (χ1v) is 6.24. The van der Waals surface area contributed by atoms with Gasteiger partial charge in [0.2, 0.25) is 0 Å². The predicted molar refractivity (Wildman–Crippen MR) is 64.9 cm³/mol. The third-order valence-electron chi connectivity index (χ3n) is 2.30. The molecule has 0 fully saturated rings. The lowest BCUT2D eigenvalue weighted by Gasteiger charge is -2.13. The summed E-state index contributed by atoms with van der Waals surface area (Å²) in [6, 6.07) is 11.0. The fourth-order valence-electron chi connectivity index (χ4n) is 1.36. The van der Waals surface area contributed by atoms with E-state index in [4.69, 9.17) is 5.26 Å². The Balaban J connectivity index is 2.51. The first-order valence-electron chi connectivity index (χ1n) is 5.02. The van der Waals surface area contributed by atoms with Crippen LogP contribution in [0.3, 0.4) is 0 Å². The molecule has 0 aliphatic carbocycles. The summed E-state index contributed by atoms with van der Waals surface area (Å²) in [5.41, 5.74) is 1.27. The van der Waals surface area contributed by atoms with E-state index >= 15 is 0 Å². The van der Waals surface area contributed by atoms with Gasteiger partial charge in [-0.05, 0) is 30.9 Å². The smallest absolute Gasteiger partial charge is 0.0635 e. The van der Waals surface area contributed by atoms with Gasteiger partial charge < -0.3 is 5.32 Å². The molecule has 0 heterocycles. The van der Waals surface area contributed by atoms with E-state index < -0.39 is 0 Å². The van der Waals surface area contributed by atoms with E-state index in [9.17, 15) is 0 Å². The molecule has 0 radical (unpaired) electrons. The highest BCUT2D eigenvalue weighted by atomic mass is 32.2. The third-order valence-corrected chi connectivity index (χ3v) is 3.05. The molecular formula is C12H16N2S. The lowest BCUT2D eigenvalue weighted by atomic mass is 10.1. The van der Waals surface area contributed by atoms with Gasteiger partial charge in [-0.2, -0.15) is 5.26 Å². The third kappa shape index (κ3) is 3.94. The van der Waals surface area contributed by atoms with Crippen molar-refractivity contribution in [2.45, 2.75) is 24.3 Å². The molecule has 1 rings (SSSR count). The lowest BCUT2D eigenvalue weighted by Crippen LogP contribution is -2.19. The molecule has 1 N–H and O–H groups in total. The second kappa shape index (κ2) is 6.49. The standard InChI is InChI=1S/C12H16N2S/c1-10(14-9-3-8-13)11-4-6-12(15-2)7-5-11/h4-7,10,14H,3,9H2,1-2H3. The fraction of sp³-hybridized carbons (Fsp3) is 0.417. The highest BCUT2D eigenvalue weighted by Gasteiger charge is 2.03. The molecule has 3 heteroatoms. The van der Waals surface area contributed by atoms with E-state index in [1.54, 1.807) is 11.8 Å². The van der Waals surface area contributed by atoms with Crippen molar-refractivity contribution in [3.63, 3.8) is 0 Å². The van der Waals surface area contributed by atoms with Gasteiger partial charge in [-0.25, -0.2) is 0 Å². The van der Waals surface area contributed by atoms with Crippen LogP contribution in [-0.2, 0) is 0 Å². The van der Waals surface area contributed by atoms with E-state index in [0.29, 0.717) is 12.5 Å². The molecule has 0 bridgehead atoms. The Morgan fingerprint density at radius 1 is 1.40 bits per heavy atom. The molecule has 1 unspecified atom stereocenters. The highest BCUT2D eigenvalue weighted by molar-refractivity contribution is 7.98. The lowest BCUT2D eigenvalue weighted by molar-refractivity contribution is 0.583. The van der Waals surface area contributed by atoms with Crippen molar-refractivity contribution in [2.24, 2.45) is 0 Å². The quantitative estimate of drug-likeness (QED) is 0.612. The van der Waals surface area contributed by atoms with Gasteiger partial charge in [0.1, 0.15) is 0 Å². The first-order chi connectivity index (χ1) is 7.27. The molecule has 80 valence electrons. The number of thioether (sulfide) groups is 1. The molecule has 0 saturated carbocycles. The van der Waals surface area contributed by atoms with E-state index in [1.807, 2.05) is 0 Å². The Kier molecular flexibility index (Phi) is 5.23. The second-order valence-corrected chi connectivity index (χ2v) is 4.24. The van der Waals surface area contributed by atoms with E-state index in [1.165, 1.54) is 10.5 Å². The van der Waals surface area contributed by atoms with Crippen LogP contribution in [0.1, 0.15) is 24.9 Å². The van der Waals surface area contributed by atoms with Crippen molar-refractivity contribution in [3.05, 3.63) is 29.8 Å². The van der Waals surface area contributed by atoms with Gasteiger partial charge in [-0.15, -0.1) is 11.8 Å². The maximum Gasteiger partial charge on any atom is 0.0635 e. The van der Waals surface area contributed by atoms with Gasteiger partial charge in [0.25, 0.3) is 0 Å². The summed E-state index contributed by atoms with van der Waals surface area (Å²) in [7, 11) is 0. The summed E-state index contributed by atoms with van der Waals surface area (Å²) in [5, 5.41) is 11.7. The zero-order valence-electron chi connectivity index (χ0n) is 9.16. The average Bonchev–Trinajstić information content (AvgIpc) is 2.29. The summed E-state index contributed by atoms with van der Waals surface area (Å²) in [6.45, 7) is 2.87. The van der Waals surface area contributed by atoms with Crippen molar-refractivity contribution >= 4 is 11.8 Å². The second-order valence-electron chi connectivity index (χ2n) is 3.36. The SMILES string of the molecule is CSc1ccc(C(C)NCCC#N)cc1. The van der Waals surface area contributed by atoms with Crippen LogP contribution in [0.4, 0.5) is 0 Å². The number of nitrogens with zero attached hydrogens (tertiary/aromatic N) is 1. The molecule has 1 aromatic rings. The average molecular weight is 220 g/mol. The zero-order chi connectivity index (χ0) is 11.1. The monoisotopic (exact) mass is 220 g/mol. The molecule has 0 aromatic heterocycles. The minimum absolute atomic E-state index is 0.314. The molecule has 1 aromatic carbocycles. The number of hydrogen-bond donors (Lipinski definition) is 1. The number of benzene rings is 1. The summed E-state index contributed by atoms with van der Waals surface area (Å²) in [6.07, 6.45) is 2.64. The van der Waals surface area contributed by atoms with Crippen LogP contribution in [0.25, 0.3) is 0 Å². The largest absolute Gasteiger partial charge is 0.309 e. The molecule has 0 aliphatic heterocycles. The Morgan fingerprint density at radius 2 is 2.07 bits per heavy atom. The minimum Gasteiger partial charge on any atom is -0.309 e. The highest BCUT2D eigenvalue weighted by Crippen LogP contribution is 2.18. The van der Waals surface area contributed by atoms with Crippen molar-refractivity contribution < 1.29 is 0 Å². The maximum atomic E-state index is 8.43. The summed E-state index contributed by atoms with van der Waals surface area (Å²) in [5.74, 6) is 0. The molecular weight excluding hydrogens is 204 g/mol. The van der Waals surface area contributed by atoms with Crippen LogP contribution >= 0.6 is 11.8 Å². The van der Waals surface area contributed by atoms with Crippen molar-refractivity contribution in [1.29, 1.82) is 5.26 Å². The van der Waals surface area contributed by atoms with Crippen molar-refractivity contribution in [3.8, 4) is 6.07 Å².